The summed E-state index contributed by atoms with van der Waals surface area (Å²) in [6.07, 6.45) is 6.96. The molecule has 0 bridgehead atoms. The molecule has 2 rings (SSSR count). The molecule has 0 aliphatic heterocycles. The first-order valence-corrected chi connectivity index (χ1v) is 6.46. The van der Waals surface area contributed by atoms with E-state index in [0.29, 0.717) is 6.61 Å². The summed E-state index contributed by atoms with van der Waals surface area (Å²) in [6.45, 7) is 0.457. The van der Waals surface area contributed by atoms with Crippen molar-refractivity contribution in [1.29, 1.82) is 5.26 Å². The van der Waals surface area contributed by atoms with Gasteiger partial charge in [0.15, 0.2) is 0 Å². The summed E-state index contributed by atoms with van der Waals surface area (Å²) in [5.74, 6) is 0. The van der Waals surface area contributed by atoms with Gasteiger partial charge in [-0.05, 0) is 18.4 Å². The molecule has 0 saturated heterocycles. The molecule has 18 heavy (non-hydrogen) atoms. The van der Waals surface area contributed by atoms with E-state index in [2.05, 4.69) is 11.2 Å². The fourth-order valence-electron chi connectivity index (χ4n) is 2.28. The third-order valence-electron chi connectivity index (χ3n) is 3.42. The summed E-state index contributed by atoms with van der Waals surface area (Å²) >= 11 is 0. The van der Waals surface area contributed by atoms with E-state index < -0.39 is 5.41 Å². The molecule has 0 spiro atoms. The van der Waals surface area contributed by atoms with Crippen molar-refractivity contribution in [2.45, 2.75) is 38.7 Å². The predicted molar refractivity (Wildman–Crippen MR) is 70.9 cm³/mol. The molecule has 1 aliphatic rings. The van der Waals surface area contributed by atoms with Crippen molar-refractivity contribution in [3.63, 3.8) is 0 Å². The lowest BCUT2D eigenvalue weighted by atomic mass is 9.76. The van der Waals surface area contributed by atoms with Crippen molar-refractivity contribution in [2.24, 2.45) is 10.6 Å². The summed E-state index contributed by atoms with van der Waals surface area (Å²) in [7, 11) is 0. The van der Waals surface area contributed by atoms with Gasteiger partial charge >= 0.3 is 0 Å². The number of hydrogen-bond donors (Lipinski definition) is 0. The minimum atomic E-state index is -0.394. The topological polar surface area (TPSA) is 45.4 Å². The monoisotopic (exact) mass is 242 g/mol. The molecular formula is C15H18N2O. The van der Waals surface area contributed by atoms with E-state index in [9.17, 15) is 5.26 Å². The van der Waals surface area contributed by atoms with Crippen molar-refractivity contribution in [3.8, 4) is 6.07 Å². The molecule has 1 fully saturated rings. The van der Waals surface area contributed by atoms with Gasteiger partial charge in [-0.25, -0.2) is 0 Å². The Morgan fingerprint density at radius 3 is 2.61 bits per heavy atom. The third kappa shape index (κ3) is 3.33. The van der Waals surface area contributed by atoms with Crippen LogP contribution in [-0.4, -0.2) is 6.21 Å². The Bertz CT molecular complexity index is 428. The van der Waals surface area contributed by atoms with E-state index in [1.807, 2.05) is 30.3 Å². The molecule has 3 heteroatoms. The molecule has 0 unspecified atom stereocenters. The first kappa shape index (κ1) is 12.6. The lowest BCUT2D eigenvalue weighted by molar-refractivity contribution is 0.129. The Morgan fingerprint density at radius 1 is 1.22 bits per heavy atom. The smallest absolute Gasteiger partial charge is 0.142 e. The van der Waals surface area contributed by atoms with E-state index in [0.717, 1.165) is 31.2 Å². The van der Waals surface area contributed by atoms with Crippen molar-refractivity contribution in [3.05, 3.63) is 35.9 Å². The van der Waals surface area contributed by atoms with Gasteiger partial charge in [0.2, 0.25) is 0 Å². The fraction of sp³-hybridized carbons (Fsp3) is 0.467. The van der Waals surface area contributed by atoms with Crippen LogP contribution in [0.3, 0.4) is 0 Å². The minimum Gasteiger partial charge on any atom is -0.391 e. The molecule has 3 nitrogen and oxygen atoms in total. The summed E-state index contributed by atoms with van der Waals surface area (Å²) in [5, 5.41) is 13.2. The number of hydrogen-bond acceptors (Lipinski definition) is 3. The molecule has 0 N–H and O–H groups in total. The van der Waals surface area contributed by atoms with Gasteiger partial charge in [0.05, 0.1) is 17.7 Å². The molecule has 0 amide bonds. The van der Waals surface area contributed by atoms with Gasteiger partial charge in [-0.3, -0.25) is 0 Å². The maximum Gasteiger partial charge on any atom is 0.142 e. The van der Waals surface area contributed by atoms with Crippen molar-refractivity contribution >= 4 is 6.21 Å². The van der Waals surface area contributed by atoms with Crippen LogP contribution in [0.5, 0.6) is 0 Å². The summed E-state index contributed by atoms with van der Waals surface area (Å²) in [4.78, 5) is 5.27. The SMILES string of the molecule is N#CC1(C=NOCc2ccccc2)CCCCC1. The van der Waals surface area contributed by atoms with Crippen LogP contribution in [0.15, 0.2) is 35.5 Å². The van der Waals surface area contributed by atoms with E-state index in [4.69, 9.17) is 4.84 Å². The minimum absolute atomic E-state index is 0.394. The number of nitrogens with zero attached hydrogens (tertiary/aromatic N) is 2. The molecular weight excluding hydrogens is 224 g/mol. The van der Waals surface area contributed by atoms with Crippen molar-refractivity contribution in [1.82, 2.24) is 0 Å². The number of benzene rings is 1. The summed E-state index contributed by atoms with van der Waals surface area (Å²) in [6, 6.07) is 12.3. The van der Waals surface area contributed by atoms with Crippen LogP contribution in [0.2, 0.25) is 0 Å². The molecule has 1 aromatic carbocycles. The van der Waals surface area contributed by atoms with E-state index in [1.165, 1.54) is 6.42 Å². The van der Waals surface area contributed by atoms with Crippen LogP contribution in [0.1, 0.15) is 37.7 Å². The highest BCUT2D eigenvalue weighted by Gasteiger charge is 2.30. The second-order valence-electron chi connectivity index (χ2n) is 4.82. The first-order chi connectivity index (χ1) is 8.85. The predicted octanol–water partition coefficient (Wildman–Crippen LogP) is 3.66. The highest BCUT2D eigenvalue weighted by Crippen LogP contribution is 2.33. The number of oxime groups is 1. The molecule has 94 valence electrons. The first-order valence-electron chi connectivity index (χ1n) is 6.46. The zero-order chi connectivity index (χ0) is 12.7. The number of rotatable bonds is 4. The largest absolute Gasteiger partial charge is 0.391 e. The summed E-state index contributed by atoms with van der Waals surface area (Å²) in [5.41, 5.74) is 0.693. The zero-order valence-electron chi connectivity index (χ0n) is 10.5. The standard InChI is InChI=1S/C15H18N2O/c16-12-15(9-5-2-6-10-15)13-17-18-11-14-7-3-1-4-8-14/h1,3-4,7-8,13H,2,5-6,9-11H2. The van der Waals surface area contributed by atoms with Crippen LogP contribution in [0.4, 0.5) is 0 Å². The van der Waals surface area contributed by atoms with Crippen LogP contribution in [0.25, 0.3) is 0 Å². The van der Waals surface area contributed by atoms with Crippen molar-refractivity contribution in [2.75, 3.05) is 0 Å². The summed E-state index contributed by atoms with van der Waals surface area (Å²) < 4.78 is 0. The molecule has 0 heterocycles. The third-order valence-corrected chi connectivity index (χ3v) is 3.42. The average molecular weight is 242 g/mol. The second-order valence-corrected chi connectivity index (χ2v) is 4.82. The maximum atomic E-state index is 9.26. The lowest BCUT2D eigenvalue weighted by Gasteiger charge is -2.25. The molecule has 1 aromatic rings. The Labute approximate surface area is 108 Å². The highest BCUT2D eigenvalue weighted by molar-refractivity contribution is 5.69. The van der Waals surface area contributed by atoms with E-state index >= 15 is 0 Å². The van der Waals surface area contributed by atoms with Gasteiger partial charge < -0.3 is 4.84 Å². The highest BCUT2D eigenvalue weighted by atomic mass is 16.6. The van der Waals surface area contributed by atoms with E-state index in [-0.39, 0.29) is 0 Å². The molecule has 1 saturated carbocycles. The quantitative estimate of drug-likeness (QED) is 0.597. The molecule has 0 aromatic heterocycles. The van der Waals surface area contributed by atoms with Crippen LogP contribution >= 0.6 is 0 Å². The number of nitriles is 1. The molecule has 0 radical (unpaired) electrons. The second kappa shape index (κ2) is 6.20. The van der Waals surface area contributed by atoms with Crippen LogP contribution < -0.4 is 0 Å². The van der Waals surface area contributed by atoms with Gasteiger partial charge in [0.1, 0.15) is 6.61 Å². The Morgan fingerprint density at radius 2 is 1.94 bits per heavy atom. The van der Waals surface area contributed by atoms with Crippen LogP contribution in [0, 0.1) is 16.7 Å². The van der Waals surface area contributed by atoms with Gasteiger partial charge in [-0.1, -0.05) is 54.8 Å². The zero-order valence-corrected chi connectivity index (χ0v) is 10.5. The lowest BCUT2D eigenvalue weighted by Crippen LogP contribution is -2.23. The Hall–Kier alpha value is -1.82. The Kier molecular flexibility index (Phi) is 4.35. The normalized spacial score (nSPS) is 18.4. The average Bonchev–Trinajstić information content (AvgIpc) is 2.46. The Balaban J connectivity index is 1.85. The van der Waals surface area contributed by atoms with Gasteiger partial charge in [-0.2, -0.15) is 5.26 Å². The van der Waals surface area contributed by atoms with Gasteiger partial charge in [0.25, 0.3) is 0 Å². The van der Waals surface area contributed by atoms with Gasteiger partial charge in [-0.15, -0.1) is 0 Å². The van der Waals surface area contributed by atoms with Gasteiger partial charge in [0, 0.05) is 0 Å². The molecule has 0 atom stereocenters. The fourth-order valence-corrected chi connectivity index (χ4v) is 2.28. The van der Waals surface area contributed by atoms with Crippen LogP contribution in [-0.2, 0) is 11.4 Å². The maximum absolute atomic E-state index is 9.26. The molecule has 1 aliphatic carbocycles. The van der Waals surface area contributed by atoms with E-state index in [1.54, 1.807) is 6.21 Å². The van der Waals surface area contributed by atoms with Crippen molar-refractivity contribution < 1.29 is 4.84 Å².